The highest BCUT2D eigenvalue weighted by Crippen LogP contribution is 2.33. The van der Waals surface area contributed by atoms with E-state index in [4.69, 9.17) is 4.42 Å². The molecule has 0 saturated carbocycles. The van der Waals surface area contributed by atoms with Crippen LogP contribution in [0.5, 0.6) is 0 Å². The van der Waals surface area contributed by atoms with E-state index >= 15 is 0 Å². The average Bonchev–Trinajstić information content (AvgIpc) is 3.04. The van der Waals surface area contributed by atoms with E-state index in [-0.39, 0.29) is 5.89 Å². The number of aryl methyl sites for hydroxylation is 2. The van der Waals surface area contributed by atoms with Gasteiger partial charge in [-0.15, -0.1) is 21.5 Å². The molecular formula is C14H10F3N3OS. The Bertz CT molecular complexity index is 806. The molecule has 0 spiro atoms. The first-order chi connectivity index (χ1) is 10.3. The highest BCUT2D eigenvalue weighted by atomic mass is 32.1. The van der Waals surface area contributed by atoms with Crippen LogP contribution in [-0.2, 0) is 6.18 Å². The number of hydrogen-bond donors (Lipinski definition) is 0. The molecule has 4 nitrogen and oxygen atoms in total. The molecule has 3 rings (SSSR count). The van der Waals surface area contributed by atoms with Gasteiger partial charge in [-0.05, 0) is 38.1 Å². The number of halogens is 3. The van der Waals surface area contributed by atoms with Crippen molar-refractivity contribution in [2.24, 2.45) is 0 Å². The van der Waals surface area contributed by atoms with Crippen molar-refractivity contribution in [1.29, 1.82) is 0 Å². The molecule has 0 radical (unpaired) electrons. The maximum atomic E-state index is 12.5. The second kappa shape index (κ2) is 5.20. The summed E-state index contributed by atoms with van der Waals surface area (Å²) in [4.78, 5) is 5.04. The topological polar surface area (TPSA) is 51.8 Å². The van der Waals surface area contributed by atoms with Crippen molar-refractivity contribution in [2.75, 3.05) is 0 Å². The lowest BCUT2D eigenvalue weighted by Crippen LogP contribution is -2.03. The Hall–Kier alpha value is -2.22. The fraction of sp³-hybridized carbons (Fsp3) is 0.214. The van der Waals surface area contributed by atoms with Crippen molar-refractivity contribution in [3.63, 3.8) is 0 Å². The van der Waals surface area contributed by atoms with Crippen molar-refractivity contribution in [1.82, 2.24) is 15.2 Å². The molecule has 3 aromatic rings. The number of thiazole rings is 1. The summed E-state index contributed by atoms with van der Waals surface area (Å²) in [7, 11) is 0. The Morgan fingerprint density at radius 1 is 1.00 bits per heavy atom. The van der Waals surface area contributed by atoms with E-state index in [0.29, 0.717) is 11.5 Å². The lowest BCUT2D eigenvalue weighted by atomic mass is 10.1. The Labute approximate surface area is 127 Å². The molecule has 0 unspecified atom stereocenters. The first kappa shape index (κ1) is 14.7. The average molecular weight is 325 g/mol. The fourth-order valence-electron chi connectivity index (χ4n) is 1.96. The number of aromatic nitrogens is 3. The summed E-state index contributed by atoms with van der Waals surface area (Å²) in [5.74, 6) is 0.493. The Kier molecular flexibility index (Phi) is 3.48. The first-order valence-electron chi connectivity index (χ1n) is 6.30. The largest absolute Gasteiger partial charge is 0.416 e. The number of hydrogen-bond acceptors (Lipinski definition) is 5. The minimum atomic E-state index is -4.37. The minimum absolute atomic E-state index is 0.175. The zero-order chi connectivity index (χ0) is 15.9. The third kappa shape index (κ3) is 2.74. The maximum absolute atomic E-state index is 12.5. The molecule has 114 valence electrons. The predicted octanol–water partition coefficient (Wildman–Crippen LogP) is 4.50. The summed E-state index contributed by atoms with van der Waals surface area (Å²) < 4.78 is 43.2. The molecule has 0 N–H and O–H groups in total. The van der Waals surface area contributed by atoms with Crippen LogP contribution < -0.4 is 0 Å². The van der Waals surface area contributed by atoms with E-state index < -0.39 is 11.7 Å². The molecule has 0 saturated heterocycles. The predicted molar refractivity (Wildman–Crippen MR) is 75.3 cm³/mol. The van der Waals surface area contributed by atoms with Gasteiger partial charge in [0.05, 0.1) is 16.3 Å². The molecule has 22 heavy (non-hydrogen) atoms. The van der Waals surface area contributed by atoms with Crippen molar-refractivity contribution in [3.05, 3.63) is 40.5 Å². The summed E-state index contributed by atoms with van der Waals surface area (Å²) in [6, 6.07) is 4.60. The summed E-state index contributed by atoms with van der Waals surface area (Å²) in [6.07, 6.45) is -4.37. The van der Waals surface area contributed by atoms with Crippen LogP contribution in [0, 0.1) is 13.8 Å². The lowest BCUT2D eigenvalue weighted by molar-refractivity contribution is -0.137. The summed E-state index contributed by atoms with van der Waals surface area (Å²) in [5.41, 5.74) is 0.501. The van der Waals surface area contributed by atoms with Gasteiger partial charge in [-0.2, -0.15) is 13.2 Å². The maximum Gasteiger partial charge on any atom is 0.416 e. The smallest absolute Gasteiger partial charge is 0.415 e. The van der Waals surface area contributed by atoms with Crippen LogP contribution in [0.2, 0.25) is 0 Å². The Balaban J connectivity index is 1.92. The Morgan fingerprint density at radius 2 is 1.64 bits per heavy atom. The van der Waals surface area contributed by atoms with Crippen LogP contribution in [0.3, 0.4) is 0 Å². The highest BCUT2D eigenvalue weighted by Gasteiger charge is 2.30. The van der Waals surface area contributed by atoms with Crippen LogP contribution in [0.4, 0.5) is 13.2 Å². The summed E-state index contributed by atoms with van der Waals surface area (Å²) in [6.45, 7) is 3.70. The van der Waals surface area contributed by atoms with E-state index in [2.05, 4.69) is 15.2 Å². The molecule has 0 atom stereocenters. The van der Waals surface area contributed by atoms with Gasteiger partial charge in [-0.25, -0.2) is 4.98 Å². The third-order valence-corrected chi connectivity index (χ3v) is 4.04. The third-order valence-electron chi connectivity index (χ3n) is 2.98. The molecule has 0 aliphatic carbocycles. The second-order valence-electron chi connectivity index (χ2n) is 4.63. The van der Waals surface area contributed by atoms with Crippen LogP contribution in [0.15, 0.2) is 28.7 Å². The zero-order valence-electron chi connectivity index (χ0n) is 11.6. The molecular weight excluding hydrogens is 315 g/mol. The number of benzene rings is 1. The van der Waals surface area contributed by atoms with E-state index in [1.807, 2.05) is 13.8 Å². The highest BCUT2D eigenvalue weighted by molar-refractivity contribution is 7.15. The van der Waals surface area contributed by atoms with Crippen LogP contribution in [0.25, 0.3) is 22.2 Å². The first-order valence-corrected chi connectivity index (χ1v) is 7.12. The number of rotatable bonds is 2. The molecule has 0 fully saturated rings. The normalized spacial score (nSPS) is 11.9. The van der Waals surface area contributed by atoms with Gasteiger partial charge < -0.3 is 4.42 Å². The molecule has 1 aromatic carbocycles. The quantitative estimate of drug-likeness (QED) is 0.696. The fourth-order valence-corrected chi connectivity index (χ4v) is 2.80. The standard InChI is InChI=1S/C14H10F3N3OS/c1-7-11(22-8(2)18-7)13-20-19-12(21-13)9-3-5-10(6-4-9)14(15,16)17/h3-6H,1-2H3. The van der Waals surface area contributed by atoms with E-state index in [0.717, 1.165) is 27.7 Å². The van der Waals surface area contributed by atoms with Gasteiger partial charge in [0.2, 0.25) is 5.89 Å². The van der Waals surface area contributed by atoms with Crippen molar-refractivity contribution >= 4 is 11.3 Å². The van der Waals surface area contributed by atoms with Crippen LogP contribution in [-0.4, -0.2) is 15.2 Å². The number of alkyl halides is 3. The van der Waals surface area contributed by atoms with E-state index in [1.54, 1.807) is 0 Å². The number of nitrogens with zero attached hydrogens (tertiary/aromatic N) is 3. The lowest BCUT2D eigenvalue weighted by Gasteiger charge is -2.05. The minimum Gasteiger partial charge on any atom is -0.415 e. The van der Waals surface area contributed by atoms with Crippen LogP contribution in [0.1, 0.15) is 16.3 Å². The molecule has 2 heterocycles. The van der Waals surface area contributed by atoms with Gasteiger partial charge in [-0.1, -0.05) is 0 Å². The van der Waals surface area contributed by atoms with E-state index in [9.17, 15) is 13.2 Å². The monoisotopic (exact) mass is 325 g/mol. The van der Waals surface area contributed by atoms with Crippen molar-refractivity contribution in [3.8, 4) is 22.2 Å². The van der Waals surface area contributed by atoms with Crippen LogP contribution >= 0.6 is 11.3 Å². The molecule has 0 aliphatic rings. The van der Waals surface area contributed by atoms with Crippen molar-refractivity contribution in [2.45, 2.75) is 20.0 Å². The molecule has 0 amide bonds. The molecule has 0 aliphatic heterocycles. The zero-order valence-corrected chi connectivity index (χ0v) is 12.4. The SMILES string of the molecule is Cc1nc(C)c(-c2nnc(-c3ccc(C(F)(F)F)cc3)o2)s1. The second-order valence-corrected chi connectivity index (χ2v) is 5.84. The molecule has 8 heteroatoms. The van der Waals surface area contributed by atoms with Crippen molar-refractivity contribution < 1.29 is 17.6 Å². The Morgan fingerprint density at radius 3 is 2.18 bits per heavy atom. The summed E-state index contributed by atoms with van der Waals surface area (Å²) in [5, 5.41) is 8.70. The van der Waals surface area contributed by atoms with Gasteiger partial charge in [0, 0.05) is 5.56 Å². The molecule has 2 aromatic heterocycles. The summed E-state index contributed by atoms with van der Waals surface area (Å²) >= 11 is 1.43. The van der Waals surface area contributed by atoms with E-state index in [1.165, 1.54) is 23.5 Å². The van der Waals surface area contributed by atoms with Gasteiger partial charge in [0.1, 0.15) is 4.88 Å². The van der Waals surface area contributed by atoms with Gasteiger partial charge in [0.25, 0.3) is 5.89 Å². The molecule has 0 bridgehead atoms. The van der Waals surface area contributed by atoms with Gasteiger partial charge >= 0.3 is 6.18 Å². The van der Waals surface area contributed by atoms with Gasteiger partial charge in [-0.3, -0.25) is 0 Å². The van der Waals surface area contributed by atoms with Gasteiger partial charge in [0.15, 0.2) is 0 Å².